The third-order valence-corrected chi connectivity index (χ3v) is 7.18. The molecule has 0 atom stereocenters. The normalized spacial score (nSPS) is 10.7. The van der Waals surface area contributed by atoms with E-state index in [4.69, 9.17) is 9.47 Å². The number of amides is 1. The third kappa shape index (κ3) is 5.52. The van der Waals surface area contributed by atoms with Gasteiger partial charge in [0.2, 0.25) is 11.1 Å². The first-order valence-electron chi connectivity index (χ1n) is 10.7. The van der Waals surface area contributed by atoms with Gasteiger partial charge in [-0.1, -0.05) is 42.1 Å². The topological polar surface area (TPSA) is 108 Å². The summed E-state index contributed by atoms with van der Waals surface area (Å²) in [6.45, 7) is 3.85. The number of nitrogens with zero attached hydrogens (tertiary/aromatic N) is 4. The van der Waals surface area contributed by atoms with Gasteiger partial charge in [-0.3, -0.25) is 4.79 Å². The molecule has 0 aliphatic heterocycles. The minimum Gasteiger partial charge on any atom is -0.497 e. The molecule has 1 amide bonds. The largest absolute Gasteiger partial charge is 0.497 e. The number of carbonyl (C=O) groups excluding carboxylic acids is 2. The van der Waals surface area contributed by atoms with Crippen LogP contribution in [0.2, 0.25) is 0 Å². The van der Waals surface area contributed by atoms with Gasteiger partial charge in [0.1, 0.15) is 10.8 Å². The number of aromatic nitrogens is 4. The van der Waals surface area contributed by atoms with Crippen molar-refractivity contribution in [3.8, 4) is 21.9 Å². The lowest BCUT2D eigenvalue weighted by Gasteiger charge is -2.07. The molecule has 0 aliphatic rings. The van der Waals surface area contributed by atoms with E-state index in [1.165, 1.54) is 23.1 Å². The Labute approximate surface area is 210 Å². The number of esters is 1. The number of thiophene rings is 1. The molecule has 1 N–H and O–H groups in total. The van der Waals surface area contributed by atoms with Crippen LogP contribution in [-0.4, -0.2) is 51.6 Å². The summed E-state index contributed by atoms with van der Waals surface area (Å²) in [7, 11) is 1.59. The average Bonchev–Trinajstić information content (AvgIpc) is 3.47. The number of rotatable bonds is 9. The van der Waals surface area contributed by atoms with E-state index in [-0.39, 0.29) is 18.3 Å². The zero-order chi connectivity index (χ0) is 24.8. The van der Waals surface area contributed by atoms with Crippen molar-refractivity contribution < 1.29 is 19.1 Å². The van der Waals surface area contributed by atoms with Crippen molar-refractivity contribution >= 4 is 40.0 Å². The van der Waals surface area contributed by atoms with E-state index < -0.39 is 5.97 Å². The number of thioether (sulfide) groups is 1. The molecule has 0 fully saturated rings. The van der Waals surface area contributed by atoms with Crippen molar-refractivity contribution in [3.63, 3.8) is 0 Å². The molecule has 0 unspecified atom stereocenters. The van der Waals surface area contributed by atoms with Gasteiger partial charge in [0.05, 0.1) is 30.7 Å². The Balaban J connectivity index is 1.51. The van der Waals surface area contributed by atoms with Crippen LogP contribution >= 0.6 is 23.1 Å². The van der Waals surface area contributed by atoms with E-state index in [9.17, 15) is 9.59 Å². The fourth-order valence-electron chi connectivity index (χ4n) is 3.36. The van der Waals surface area contributed by atoms with Crippen LogP contribution in [0.4, 0.5) is 5.00 Å². The molecular formula is C24H23N5O4S2. The fraction of sp³-hybridized carbons (Fsp3) is 0.208. The molecule has 9 nitrogen and oxygen atoms in total. The first kappa shape index (κ1) is 24.4. The molecular weight excluding hydrogens is 486 g/mol. The minimum absolute atomic E-state index is 0.0520. The van der Waals surface area contributed by atoms with Crippen molar-refractivity contribution in [2.75, 3.05) is 24.8 Å². The maximum atomic E-state index is 12.9. The third-order valence-electron chi connectivity index (χ3n) is 5.01. The maximum Gasteiger partial charge on any atom is 0.341 e. The second-order valence-corrected chi connectivity index (χ2v) is 9.22. The van der Waals surface area contributed by atoms with Gasteiger partial charge >= 0.3 is 5.97 Å². The molecule has 0 aliphatic carbocycles. The Morgan fingerprint density at radius 2 is 1.86 bits per heavy atom. The summed E-state index contributed by atoms with van der Waals surface area (Å²) in [6, 6.07) is 17.0. The first-order chi connectivity index (χ1) is 17.0. The van der Waals surface area contributed by atoms with Crippen LogP contribution in [0.15, 0.2) is 59.8 Å². The van der Waals surface area contributed by atoms with Crippen molar-refractivity contribution in [1.29, 1.82) is 0 Å². The van der Waals surface area contributed by atoms with Crippen LogP contribution in [0.25, 0.3) is 16.1 Å². The number of hydrogen-bond donors (Lipinski definition) is 1. The van der Waals surface area contributed by atoms with Gasteiger partial charge in [0.25, 0.3) is 0 Å². The highest BCUT2D eigenvalue weighted by Crippen LogP contribution is 2.40. The van der Waals surface area contributed by atoms with Crippen LogP contribution < -0.4 is 10.1 Å². The molecule has 0 bridgehead atoms. The monoisotopic (exact) mass is 509 g/mol. The smallest absolute Gasteiger partial charge is 0.341 e. The van der Waals surface area contributed by atoms with Crippen molar-refractivity contribution in [2.24, 2.45) is 0 Å². The second kappa shape index (κ2) is 11.2. The Morgan fingerprint density at radius 1 is 1.11 bits per heavy atom. The Hall–Kier alpha value is -3.70. The fourth-order valence-corrected chi connectivity index (χ4v) is 5.27. The van der Waals surface area contributed by atoms with E-state index in [1.807, 2.05) is 49.4 Å². The molecule has 0 radical (unpaired) electrons. The van der Waals surface area contributed by atoms with Gasteiger partial charge in [-0.15, -0.1) is 16.4 Å². The molecule has 0 spiro atoms. The number of nitrogens with one attached hydrogen (secondary N) is 1. The highest BCUT2D eigenvalue weighted by molar-refractivity contribution is 7.99. The SMILES string of the molecule is CCOC(=O)c1c(NC(=O)CSc2nnnn2-c2ccc(OC)cc2)sc(-c2ccccc2)c1C. The molecule has 2 heterocycles. The number of anilines is 1. The standard InChI is InChI=1S/C24H23N5O4S2/c1-4-33-23(31)20-15(2)21(16-8-6-5-7-9-16)35-22(20)25-19(30)14-34-24-26-27-28-29(24)17-10-12-18(32-3)13-11-17/h5-13H,4,14H2,1-3H3,(H,25,30). The van der Waals surface area contributed by atoms with E-state index in [2.05, 4.69) is 20.8 Å². The van der Waals surface area contributed by atoms with Gasteiger partial charge in [-0.25, -0.2) is 4.79 Å². The van der Waals surface area contributed by atoms with Crippen LogP contribution in [0.3, 0.4) is 0 Å². The number of ether oxygens (including phenoxy) is 2. The van der Waals surface area contributed by atoms with E-state index in [1.54, 1.807) is 30.8 Å². The van der Waals surface area contributed by atoms with E-state index in [0.29, 0.717) is 21.5 Å². The molecule has 2 aromatic carbocycles. The quantitative estimate of drug-likeness (QED) is 0.257. The van der Waals surface area contributed by atoms with Gasteiger partial charge in [0, 0.05) is 4.88 Å². The molecule has 2 aromatic heterocycles. The van der Waals surface area contributed by atoms with Crippen molar-refractivity contribution in [3.05, 3.63) is 65.7 Å². The van der Waals surface area contributed by atoms with Gasteiger partial charge in [-0.05, 0) is 59.7 Å². The number of hydrogen-bond acceptors (Lipinski definition) is 9. The predicted molar refractivity (Wildman–Crippen MR) is 136 cm³/mol. The van der Waals surface area contributed by atoms with Gasteiger partial charge in [-0.2, -0.15) is 4.68 Å². The molecule has 0 saturated carbocycles. The Bertz CT molecular complexity index is 1320. The lowest BCUT2D eigenvalue weighted by molar-refractivity contribution is -0.113. The number of methoxy groups -OCH3 is 1. The first-order valence-corrected chi connectivity index (χ1v) is 12.5. The minimum atomic E-state index is -0.463. The molecule has 4 rings (SSSR count). The molecule has 180 valence electrons. The van der Waals surface area contributed by atoms with Crippen molar-refractivity contribution in [2.45, 2.75) is 19.0 Å². The van der Waals surface area contributed by atoms with E-state index in [0.717, 1.165) is 21.7 Å². The highest BCUT2D eigenvalue weighted by atomic mass is 32.2. The molecule has 11 heteroatoms. The number of benzene rings is 2. The summed E-state index contributed by atoms with van der Waals surface area (Å²) in [4.78, 5) is 26.5. The molecule has 0 saturated heterocycles. The van der Waals surface area contributed by atoms with Gasteiger partial charge in [0.15, 0.2) is 0 Å². The molecule has 4 aromatic rings. The molecule has 35 heavy (non-hydrogen) atoms. The zero-order valence-corrected chi connectivity index (χ0v) is 21.0. The summed E-state index contributed by atoms with van der Waals surface area (Å²) in [5, 5.41) is 15.6. The van der Waals surface area contributed by atoms with Crippen LogP contribution in [0.1, 0.15) is 22.8 Å². The highest BCUT2D eigenvalue weighted by Gasteiger charge is 2.24. The Morgan fingerprint density at radius 3 is 2.54 bits per heavy atom. The second-order valence-electron chi connectivity index (χ2n) is 7.25. The van der Waals surface area contributed by atoms with Crippen LogP contribution in [-0.2, 0) is 9.53 Å². The average molecular weight is 510 g/mol. The lowest BCUT2D eigenvalue weighted by Crippen LogP contribution is -2.16. The number of carbonyl (C=O) groups is 2. The van der Waals surface area contributed by atoms with Crippen LogP contribution in [0, 0.1) is 6.92 Å². The maximum absolute atomic E-state index is 12.9. The van der Waals surface area contributed by atoms with Crippen LogP contribution in [0.5, 0.6) is 5.75 Å². The zero-order valence-electron chi connectivity index (χ0n) is 19.3. The summed E-state index contributed by atoms with van der Waals surface area (Å²) in [5.41, 5.74) is 2.85. The van der Waals surface area contributed by atoms with Crippen molar-refractivity contribution in [1.82, 2.24) is 20.2 Å². The predicted octanol–water partition coefficient (Wildman–Crippen LogP) is 4.62. The summed E-state index contributed by atoms with van der Waals surface area (Å²) >= 11 is 2.54. The summed E-state index contributed by atoms with van der Waals surface area (Å²) < 4.78 is 12.0. The number of tetrazole rings is 1. The summed E-state index contributed by atoms with van der Waals surface area (Å²) in [6.07, 6.45) is 0. The Kier molecular flexibility index (Phi) is 7.78. The lowest BCUT2D eigenvalue weighted by atomic mass is 10.1. The van der Waals surface area contributed by atoms with E-state index >= 15 is 0 Å². The summed E-state index contributed by atoms with van der Waals surface area (Å²) in [5.74, 6) is 0.0191. The van der Waals surface area contributed by atoms with Gasteiger partial charge < -0.3 is 14.8 Å².